The zero-order valence-electron chi connectivity index (χ0n) is 17.5. The molecule has 3 rings (SSSR count). The summed E-state index contributed by atoms with van der Waals surface area (Å²) in [5, 5.41) is 13.6. The number of hydrogen-bond donors (Lipinski definition) is 2. The number of hydrogen-bond acceptors (Lipinski definition) is 3. The van der Waals surface area contributed by atoms with Gasteiger partial charge in [-0.15, -0.1) is 0 Å². The van der Waals surface area contributed by atoms with E-state index in [-0.39, 0.29) is 17.7 Å². The highest BCUT2D eigenvalue weighted by Crippen LogP contribution is 2.24. The van der Waals surface area contributed by atoms with Crippen molar-refractivity contribution in [2.45, 2.75) is 39.2 Å². The standard InChI is InChI=1S/C22H28ClN3O4/c1-4-13(2)19(21(28)26-9-7-14(8-10-26)22(29)30)24-20(27)18-12-15-11-16(23)5-6-17(15)25(18)3/h5-6,11-14,19H,4,7-10H2,1-3H3,(H,24,27)(H,29,30)/t13?,19-/m0/s1. The van der Waals surface area contributed by atoms with E-state index in [2.05, 4.69) is 5.32 Å². The Morgan fingerprint density at radius 2 is 1.90 bits per heavy atom. The molecule has 7 nitrogen and oxygen atoms in total. The van der Waals surface area contributed by atoms with Gasteiger partial charge in [-0.2, -0.15) is 0 Å². The highest BCUT2D eigenvalue weighted by atomic mass is 35.5. The number of fused-ring (bicyclic) bond motifs is 1. The van der Waals surface area contributed by atoms with E-state index in [1.807, 2.05) is 27.0 Å². The molecule has 1 aromatic carbocycles. The van der Waals surface area contributed by atoms with Gasteiger partial charge >= 0.3 is 5.97 Å². The number of carbonyl (C=O) groups excluding carboxylic acids is 2. The van der Waals surface area contributed by atoms with Gasteiger partial charge in [0.25, 0.3) is 5.91 Å². The molecule has 0 radical (unpaired) electrons. The van der Waals surface area contributed by atoms with E-state index in [4.69, 9.17) is 11.6 Å². The van der Waals surface area contributed by atoms with Crippen molar-refractivity contribution in [2.24, 2.45) is 18.9 Å². The molecule has 0 bridgehead atoms. The lowest BCUT2D eigenvalue weighted by molar-refractivity contribution is -0.146. The third-order valence-corrected chi connectivity index (χ3v) is 6.39. The van der Waals surface area contributed by atoms with Crippen LogP contribution >= 0.6 is 11.6 Å². The third kappa shape index (κ3) is 4.46. The summed E-state index contributed by atoms with van der Waals surface area (Å²) in [5.41, 5.74) is 1.34. The van der Waals surface area contributed by atoms with Gasteiger partial charge in [0.2, 0.25) is 5.91 Å². The molecule has 1 saturated heterocycles. The van der Waals surface area contributed by atoms with Crippen molar-refractivity contribution >= 4 is 40.3 Å². The first-order valence-corrected chi connectivity index (χ1v) is 10.7. The average molecular weight is 434 g/mol. The predicted molar refractivity (Wildman–Crippen MR) is 116 cm³/mol. The van der Waals surface area contributed by atoms with Crippen molar-refractivity contribution in [3.8, 4) is 0 Å². The van der Waals surface area contributed by atoms with Gasteiger partial charge in [0.05, 0.1) is 5.92 Å². The first-order chi connectivity index (χ1) is 14.2. The summed E-state index contributed by atoms with van der Waals surface area (Å²) >= 11 is 6.07. The molecule has 1 fully saturated rings. The molecule has 1 unspecified atom stereocenters. The first kappa shape index (κ1) is 22.2. The van der Waals surface area contributed by atoms with Gasteiger partial charge in [0.15, 0.2) is 0 Å². The number of aryl methyl sites for hydroxylation is 1. The number of benzene rings is 1. The second-order valence-corrected chi connectivity index (χ2v) is 8.50. The fraction of sp³-hybridized carbons (Fsp3) is 0.500. The molecule has 0 spiro atoms. The van der Waals surface area contributed by atoms with E-state index in [1.54, 1.807) is 27.7 Å². The summed E-state index contributed by atoms with van der Waals surface area (Å²) in [4.78, 5) is 39.1. The van der Waals surface area contributed by atoms with E-state index >= 15 is 0 Å². The molecule has 0 aliphatic carbocycles. The predicted octanol–water partition coefficient (Wildman–Crippen LogP) is 3.30. The maximum Gasteiger partial charge on any atom is 0.306 e. The Balaban J connectivity index is 1.78. The summed E-state index contributed by atoms with van der Waals surface area (Å²) in [7, 11) is 1.81. The Labute approximate surface area is 181 Å². The second kappa shape index (κ2) is 9.08. The van der Waals surface area contributed by atoms with Crippen LogP contribution in [0.5, 0.6) is 0 Å². The molecule has 2 atom stereocenters. The summed E-state index contributed by atoms with van der Waals surface area (Å²) in [6.45, 7) is 4.71. The molecular formula is C22H28ClN3O4. The Kier molecular flexibility index (Phi) is 6.71. The molecule has 2 aromatic rings. The number of carboxylic acid groups (broad SMARTS) is 1. The lowest BCUT2D eigenvalue weighted by Gasteiger charge is -2.34. The molecule has 2 N–H and O–H groups in total. The molecule has 0 saturated carbocycles. The van der Waals surface area contributed by atoms with Gasteiger partial charge in [-0.3, -0.25) is 14.4 Å². The van der Waals surface area contributed by atoms with Crippen LogP contribution in [0.3, 0.4) is 0 Å². The van der Waals surface area contributed by atoms with Crippen molar-refractivity contribution in [3.63, 3.8) is 0 Å². The second-order valence-electron chi connectivity index (χ2n) is 8.07. The number of carbonyl (C=O) groups is 3. The van der Waals surface area contributed by atoms with E-state index in [0.29, 0.717) is 36.6 Å². The van der Waals surface area contributed by atoms with Crippen molar-refractivity contribution in [1.82, 2.24) is 14.8 Å². The maximum atomic E-state index is 13.2. The lowest BCUT2D eigenvalue weighted by atomic mass is 9.93. The fourth-order valence-corrected chi connectivity index (χ4v) is 4.16. The van der Waals surface area contributed by atoms with Crippen LogP contribution in [0.25, 0.3) is 10.9 Å². The zero-order chi connectivity index (χ0) is 22.0. The summed E-state index contributed by atoms with van der Waals surface area (Å²) < 4.78 is 1.79. The minimum Gasteiger partial charge on any atom is -0.481 e. The van der Waals surface area contributed by atoms with E-state index in [0.717, 1.165) is 17.3 Å². The Bertz CT molecular complexity index is 963. The van der Waals surface area contributed by atoms with Crippen molar-refractivity contribution in [1.29, 1.82) is 0 Å². The highest BCUT2D eigenvalue weighted by molar-refractivity contribution is 6.31. The van der Waals surface area contributed by atoms with Crippen LogP contribution < -0.4 is 5.32 Å². The SMILES string of the molecule is CCC(C)[C@H](NC(=O)c1cc2cc(Cl)ccc2n1C)C(=O)N1CCC(C(=O)O)CC1. The topological polar surface area (TPSA) is 91.6 Å². The van der Waals surface area contributed by atoms with Gasteiger partial charge < -0.3 is 19.9 Å². The molecule has 1 aliphatic rings. The van der Waals surface area contributed by atoms with E-state index in [9.17, 15) is 19.5 Å². The summed E-state index contributed by atoms with van der Waals surface area (Å²) in [5.74, 6) is -1.74. The Hall–Kier alpha value is -2.54. The lowest BCUT2D eigenvalue weighted by Crippen LogP contribution is -2.53. The smallest absolute Gasteiger partial charge is 0.306 e. The quantitative estimate of drug-likeness (QED) is 0.731. The third-order valence-electron chi connectivity index (χ3n) is 6.16. The van der Waals surface area contributed by atoms with Gasteiger partial charge in [0, 0.05) is 36.1 Å². The number of halogens is 1. The zero-order valence-corrected chi connectivity index (χ0v) is 18.3. The number of aromatic nitrogens is 1. The Morgan fingerprint density at radius 3 is 2.50 bits per heavy atom. The van der Waals surface area contributed by atoms with Crippen molar-refractivity contribution < 1.29 is 19.5 Å². The summed E-state index contributed by atoms with van der Waals surface area (Å²) in [6, 6.07) is 6.55. The highest BCUT2D eigenvalue weighted by Gasteiger charge is 2.34. The van der Waals surface area contributed by atoms with Gasteiger partial charge in [-0.1, -0.05) is 31.9 Å². The number of nitrogens with zero attached hydrogens (tertiary/aromatic N) is 2. The van der Waals surface area contributed by atoms with Crippen molar-refractivity contribution in [2.75, 3.05) is 13.1 Å². The monoisotopic (exact) mass is 433 g/mol. The van der Waals surface area contributed by atoms with Gasteiger partial charge in [0.1, 0.15) is 11.7 Å². The minimum absolute atomic E-state index is 0.0530. The van der Waals surface area contributed by atoms with E-state index < -0.39 is 17.9 Å². The minimum atomic E-state index is -0.815. The van der Waals surface area contributed by atoms with Crippen LogP contribution in [0, 0.1) is 11.8 Å². The number of carboxylic acids is 1. The van der Waals surface area contributed by atoms with Gasteiger partial charge in [-0.25, -0.2) is 0 Å². The number of piperidine rings is 1. The first-order valence-electron chi connectivity index (χ1n) is 10.3. The van der Waals surface area contributed by atoms with Crippen LogP contribution in [0.15, 0.2) is 24.3 Å². The van der Waals surface area contributed by atoms with Gasteiger partial charge in [-0.05, 0) is 43.0 Å². The molecule has 2 amide bonds. The Morgan fingerprint density at radius 1 is 1.23 bits per heavy atom. The number of likely N-dealkylation sites (tertiary alicyclic amines) is 1. The average Bonchev–Trinajstić information content (AvgIpc) is 3.06. The van der Waals surface area contributed by atoms with Crippen LogP contribution in [0.4, 0.5) is 0 Å². The molecule has 162 valence electrons. The van der Waals surface area contributed by atoms with Crippen LogP contribution in [0.2, 0.25) is 5.02 Å². The van der Waals surface area contributed by atoms with Crippen LogP contribution in [-0.2, 0) is 16.6 Å². The normalized spacial score (nSPS) is 17.0. The molecule has 8 heteroatoms. The molecule has 1 aliphatic heterocycles. The fourth-order valence-electron chi connectivity index (χ4n) is 3.98. The maximum absolute atomic E-state index is 13.2. The van der Waals surface area contributed by atoms with Crippen molar-refractivity contribution in [3.05, 3.63) is 35.0 Å². The molecule has 30 heavy (non-hydrogen) atoms. The number of amides is 2. The summed E-state index contributed by atoms with van der Waals surface area (Å²) in [6.07, 6.45) is 1.60. The number of nitrogens with one attached hydrogen (secondary N) is 1. The number of aliphatic carboxylic acids is 1. The van der Waals surface area contributed by atoms with Crippen LogP contribution in [0.1, 0.15) is 43.6 Å². The molecule has 2 heterocycles. The largest absolute Gasteiger partial charge is 0.481 e. The van der Waals surface area contributed by atoms with E-state index in [1.165, 1.54) is 0 Å². The van der Waals surface area contributed by atoms with Crippen LogP contribution in [-0.4, -0.2) is 51.5 Å². The molecular weight excluding hydrogens is 406 g/mol. The molecule has 1 aromatic heterocycles. The number of rotatable bonds is 6.